The minimum absolute atomic E-state index is 0.194. The van der Waals surface area contributed by atoms with E-state index in [-0.39, 0.29) is 6.61 Å². The number of benzene rings is 2. The van der Waals surface area contributed by atoms with Gasteiger partial charge in [0.2, 0.25) is 0 Å². The zero-order chi connectivity index (χ0) is 18.9. The number of carbonyl (C=O) groups is 1. The number of methoxy groups -OCH3 is 3. The average Bonchev–Trinajstić information content (AvgIpc) is 2.66. The Morgan fingerprint density at radius 3 is 2.42 bits per heavy atom. The van der Waals surface area contributed by atoms with Gasteiger partial charge in [-0.25, -0.2) is 5.43 Å². The van der Waals surface area contributed by atoms with Crippen molar-refractivity contribution >= 4 is 23.7 Å². The lowest BCUT2D eigenvalue weighted by Gasteiger charge is -2.11. The number of ether oxygens (including phenoxy) is 4. The molecule has 0 unspecified atom stereocenters. The highest BCUT2D eigenvalue weighted by Crippen LogP contribution is 2.33. The van der Waals surface area contributed by atoms with Crippen LogP contribution in [0.5, 0.6) is 23.0 Å². The van der Waals surface area contributed by atoms with E-state index in [1.165, 1.54) is 27.5 Å². The van der Waals surface area contributed by atoms with Crippen LogP contribution in [-0.2, 0) is 4.79 Å². The Hall–Kier alpha value is -2.93. The molecule has 0 atom stereocenters. The van der Waals surface area contributed by atoms with Gasteiger partial charge in [-0.3, -0.25) is 4.79 Å². The van der Waals surface area contributed by atoms with Gasteiger partial charge in [0.1, 0.15) is 11.5 Å². The van der Waals surface area contributed by atoms with E-state index < -0.39 is 5.91 Å². The number of carbonyl (C=O) groups excluding carboxylic acids is 1. The third-order valence-electron chi connectivity index (χ3n) is 3.29. The van der Waals surface area contributed by atoms with E-state index in [1.54, 1.807) is 36.4 Å². The second-order valence-electron chi connectivity index (χ2n) is 4.99. The first-order valence-corrected chi connectivity index (χ1v) is 7.95. The van der Waals surface area contributed by atoms with Gasteiger partial charge in [0.25, 0.3) is 5.91 Å². The monoisotopic (exact) mass is 378 g/mol. The minimum Gasteiger partial charge on any atom is -0.496 e. The number of rotatable bonds is 8. The second kappa shape index (κ2) is 9.53. The van der Waals surface area contributed by atoms with Crippen molar-refractivity contribution in [2.45, 2.75) is 0 Å². The number of hydrazone groups is 1. The van der Waals surface area contributed by atoms with E-state index in [1.807, 2.05) is 0 Å². The molecule has 8 heteroatoms. The zero-order valence-electron chi connectivity index (χ0n) is 14.6. The number of hydrogen-bond acceptors (Lipinski definition) is 6. The molecular formula is C18H19ClN2O5. The van der Waals surface area contributed by atoms with Gasteiger partial charge in [0, 0.05) is 16.7 Å². The van der Waals surface area contributed by atoms with E-state index in [4.69, 9.17) is 30.5 Å². The van der Waals surface area contributed by atoms with Crippen molar-refractivity contribution in [3.63, 3.8) is 0 Å². The van der Waals surface area contributed by atoms with Crippen molar-refractivity contribution in [3.8, 4) is 23.0 Å². The van der Waals surface area contributed by atoms with Crippen LogP contribution in [0.25, 0.3) is 0 Å². The van der Waals surface area contributed by atoms with Crippen molar-refractivity contribution in [1.82, 2.24) is 5.43 Å². The molecule has 2 aromatic carbocycles. The van der Waals surface area contributed by atoms with Crippen molar-refractivity contribution in [1.29, 1.82) is 0 Å². The standard InChI is InChI=1S/C18H19ClN2O5/c1-23-15-9-17(25-3)16(24-2)7-12(15)10-20-21-18(22)11-26-14-6-4-5-13(19)8-14/h4-10H,11H2,1-3H3,(H,21,22)/b20-10-. The summed E-state index contributed by atoms with van der Waals surface area (Å²) in [7, 11) is 4.58. The van der Waals surface area contributed by atoms with Gasteiger partial charge in [0.15, 0.2) is 18.1 Å². The number of halogens is 1. The fourth-order valence-corrected chi connectivity index (χ4v) is 2.25. The Kier molecular flexibility index (Phi) is 7.11. The smallest absolute Gasteiger partial charge is 0.277 e. The number of nitrogens with one attached hydrogen (secondary N) is 1. The molecule has 1 N–H and O–H groups in total. The van der Waals surface area contributed by atoms with Crippen LogP contribution >= 0.6 is 11.6 Å². The SMILES string of the molecule is COc1cc(OC)c(OC)cc1/C=N\NC(=O)COc1cccc(Cl)c1. The lowest BCUT2D eigenvalue weighted by atomic mass is 10.2. The summed E-state index contributed by atoms with van der Waals surface area (Å²) in [6, 6.07) is 10.1. The molecule has 0 aromatic heterocycles. The van der Waals surface area contributed by atoms with Crippen LogP contribution in [-0.4, -0.2) is 40.1 Å². The van der Waals surface area contributed by atoms with Gasteiger partial charge in [-0.2, -0.15) is 5.10 Å². The summed E-state index contributed by atoms with van der Waals surface area (Å²) >= 11 is 5.85. The highest BCUT2D eigenvalue weighted by molar-refractivity contribution is 6.30. The largest absolute Gasteiger partial charge is 0.496 e. The Morgan fingerprint density at radius 1 is 1.08 bits per heavy atom. The summed E-state index contributed by atoms with van der Waals surface area (Å²) in [6.07, 6.45) is 1.44. The van der Waals surface area contributed by atoms with E-state index in [9.17, 15) is 4.79 Å². The molecule has 2 rings (SSSR count). The summed E-state index contributed by atoms with van der Waals surface area (Å²) in [5, 5.41) is 4.43. The van der Waals surface area contributed by atoms with E-state index in [0.29, 0.717) is 33.6 Å². The van der Waals surface area contributed by atoms with Crippen LogP contribution in [0.2, 0.25) is 5.02 Å². The maximum absolute atomic E-state index is 11.8. The van der Waals surface area contributed by atoms with Gasteiger partial charge in [-0.05, 0) is 24.3 Å². The first-order chi connectivity index (χ1) is 12.6. The Labute approximate surface area is 156 Å². The summed E-state index contributed by atoms with van der Waals surface area (Å²) in [4.78, 5) is 11.8. The van der Waals surface area contributed by atoms with Crippen LogP contribution in [0.4, 0.5) is 0 Å². The first kappa shape index (κ1) is 19.4. The van der Waals surface area contributed by atoms with Gasteiger partial charge in [-0.1, -0.05) is 17.7 Å². The highest BCUT2D eigenvalue weighted by atomic mass is 35.5. The molecular weight excluding hydrogens is 360 g/mol. The van der Waals surface area contributed by atoms with E-state index >= 15 is 0 Å². The molecule has 138 valence electrons. The lowest BCUT2D eigenvalue weighted by Crippen LogP contribution is -2.24. The molecule has 0 heterocycles. The molecule has 0 saturated heterocycles. The summed E-state index contributed by atoms with van der Waals surface area (Å²) in [5.74, 6) is 1.65. The van der Waals surface area contributed by atoms with Crippen LogP contribution in [0.3, 0.4) is 0 Å². The molecule has 0 aliphatic carbocycles. The average molecular weight is 379 g/mol. The molecule has 1 amide bonds. The van der Waals surface area contributed by atoms with Crippen molar-refractivity contribution in [3.05, 3.63) is 47.0 Å². The van der Waals surface area contributed by atoms with Crippen LogP contribution in [0.15, 0.2) is 41.5 Å². The molecule has 0 aliphatic rings. The molecule has 2 aromatic rings. The van der Waals surface area contributed by atoms with Crippen molar-refractivity contribution in [2.24, 2.45) is 5.10 Å². The number of hydrogen-bond donors (Lipinski definition) is 1. The van der Waals surface area contributed by atoms with Crippen LogP contribution in [0, 0.1) is 0 Å². The summed E-state index contributed by atoms with van der Waals surface area (Å²) in [5.41, 5.74) is 2.99. The highest BCUT2D eigenvalue weighted by Gasteiger charge is 2.10. The fraction of sp³-hybridized carbons (Fsp3) is 0.222. The molecule has 7 nitrogen and oxygen atoms in total. The van der Waals surface area contributed by atoms with Crippen molar-refractivity contribution < 1.29 is 23.7 Å². The molecule has 0 bridgehead atoms. The summed E-state index contributed by atoms with van der Waals surface area (Å²) < 4.78 is 21.1. The molecule has 0 radical (unpaired) electrons. The van der Waals surface area contributed by atoms with E-state index in [2.05, 4.69) is 10.5 Å². The molecule has 26 heavy (non-hydrogen) atoms. The van der Waals surface area contributed by atoms with Gasteiger partial charge >= 0.3 is 0 Å². The topological polar surface area (TPSA) is 78.4 Å². The Morgan fingerprint density at radius 2 is 1.77 bits per heavy atom. The maximum Gasteiger partial charge on any atom is 0.277 e. The minimum atomic E-state index is -0.416. The summed E-state index contributed by atoms with van der Waals surface area (Å²) in [6.45, 7) is -0.194. The first-order valence-electron chi connectivity index (χ1n) is 7.57. The van der Waals surface area contributed by atoms with Crippen LogP contribution in [0.1, 0.15) is 5.56 Å². The molecule has 0 spiro atoms. The van der Waals surface area contributed by atoms with Crippen molar-refractivity contribution in [2.75, 3.05) is 27.9 Å². The molecule has 0 fully saturated rings. The third kappa shape index (κ3) is 5.29. The number of amides is 1. The van der Waals surface area contributed by atoms with Gasteiger partial charge in [-0.15, -0.1) is 0 Å². The number of nitrogens with zero attached hydrogens (tertiary/aromatic N) is 1. The normalized spacial score (nSPS) is 10.5. The fourth-order valence-electron chi connectivity index (χ4n) is 2.07. The molecule has 0 aliphatic heterocycles. The third-order valence-corrected chi connectivity index (χ3v) is 3.53. The van der Waals surface area contributed by atoms with Gasteiger partial charge in [0.05, 0.1) is 27.5 Å². The Bertz CT molecular complexity index is 795. The predicted octanol–water partition coefficient (Wildman–Crippen LogP) is 2.89. The van der Waals surface area contributed by atoms with Gasteiger partial charge < -0.3 is 18.9 Å². The second-order valence-corrected chi connectivity index (χ2v) is 5.42. The predicted molar refractivity (Wildman–Crippen MR) is 98.8 cm³/mol. The molecule has 0 saturated carbocycles. The Balaban J connectivity index is 1.97. The lowest BCUT2D eigenvalue weighted by molar-refractivity contribution is -0.123. The van der Waals surface area contributed by atoms with E-state index in [0.717, 1.165) is 0 Å². The zero-order valence-corrected chi connectivity index (χ0v) is 15.4. The van der Waals surface area contributed by atoms with Crippen LogP contribution < -0.4 is 24.4 Å². The maximum atomic E-state index is 11.8. The quantitative estimate of drug-likeness (QED) is 0.564.